The van der Waals surface area contributed by atoms with E-state index in [2.05, 4.69) is 10.2 Å². The van der Waals surface area contributed by atoms with Crippen molar-refractivity contribution < 1.29 is 27.5 Å². The number of urea groups is 1. The third-order valence-corrected chi connectivity index (χ3v) is 7.52. The van der Waals surface area contributed by atoms with E-state index < -0.39 is 29.8 Å². The van der Waals surface area contributed by atoms with Gasteiger partial charge in [-0.25, -0.2) is 27.7 Å². The van der Waals surface area contributed by atoms with Crippen LogP contribution in [-0.4, -0.2) is 53.7 Å². The highest BCUT2D eigenvalue weighted by Gasteiger charge is 2.41. The van der Waals surface area contributed by atoms with Gasteiger partial charge in [0.1, 0.15) is 18.5 Å². The van der Waals surface area contributed by atoms with Crippen LogP contribution >= 0.6 is 0 Å². The summed E-state index contributed by atoms with van der Waals surface area (Å²) in [7, 11) is 0. The fourth-order valence-electron chi connectivity index (χ4n) is 5.60. The summed E-state index contributed by atoms with van der Waals surface area (Å²) in [6, 6.07) is 9.01. The van der Waals surface area contributed by atoms with Crippen LogP contribution in [0.4, 0.5) is 22.8 Å². The van der Waals surface area contributed by atoms with Gasteiger partial charge in [0.25, 0.3) is 0 Å². The van der Waals surface area contributed by atoms with Crippen LogP contribution in [0.5, 0.6) is 0 Å². The minimum Gasteiger partial charge on any atom is -0.446 e. The van der Waals surface area contributed by atoms with Gasteiger partial charge in [-0.2, -0.15) is 0 Å². The number of benzene rings is 2. The van der Waals surface area contributed by atoms with Gasteiger partial charge in [-0.3, -0.25) is 4.90 Å². The Kier molecular flexibility index (Phi) is 6.69. The number of hydrogen-bond acceptors (Lipinski definition) is 4. The minimum absolute atomic E-state index is 0.106. The van der Waals surface area contributed by atoms with Crippen LogP contribution in [0.1, 0.15) is 55.2 Å². The average molecular weight is 488 g/mol. The molecule has 0 unspecified atom stereocenters. The van der Waals surface area contributed by atoms with Crippen molar-refractivity contribution in [2.24, 2.45) is 0 Å². The van der Waals surface area contributed by atoms with Crippen LogP contribution in [-0.2, 0) is 4.74 Å². The Labute approximate surface area is 202 Å². The van der Waals surface area contributed by atoms with Gasteiger partial charge in [0.15, 0.2) is 11.6 Å². The summed E-state index contributed by atoms with van der Waals surface area (Å²) in [6.45, 7) is 1.44. The first-order valence-corrected chi connectivity index (χ1v) is 12.1. The third kappa shape index (κ3) is 5.00. The predicted octanol–water partition coefficient (Wildman–Crippen LogP) is 5.11. The molecule has 2 aliphatic heterocycles. The van der Waals surface area contributed by atoms with Crippen LogP contribution in [0.15, 0.2) is 42.5 Å². The molecule has 3 amide bonds. The largest absolute Gasteiger partial charge is 0.446 e. The minimum atomic E-state index is -1.04. The molecule has 2 aromatic carbocycles. The number of amides is 3. The van der Waals surface area contributed by atoms with Gasteiger partial charge < -0.3 is 10.1 Å². The van der Waals surface area contributed by atoms with Crippen LogP contribution in [0.2, 0.25) is 0 Å². The zero-order valence-electron chi connectivity index (χ0n) is 19.3. The summed E-state index contributed by atoms with van der Waals surface area (Å²) in [6.07, 6.45) is 4.13. The summed E-state index contributed by atoms with van der Waals surface area (Å²) in [4.78, 5) is 28.5. The lowest BCUT2D eigenvalue weighted by atomic mass is 9.81. The molecular formula is C26H28F3N3O3. The highest BCUT2D eigenvalue weighted by molar-refractivity contribution is 5.92. The quantitative estimate of drug-likeness (QED) is 0.651. The lowest BCUT2D eigenvalue weighted by molar-refractivity contribution is 0.155. The van der Waals surface area contributed by atoms with Crippen LogP contribution in [0.25, 0.3) is 0 Å². The van der Waals surface area contributed by atoms with Gasteiger partial charge >= 0.3 is 12.1 Å². The molecule has 186 valence electrons. The molecule has 3 aliphatic rings. The SMILES string of the molecule is O=C(N[C@@H]1CCN(C2CCC(c3ccc(F)cc3)CC2)C1)N1C(=O)OC[C@@H]1c1ccc(F)c(F)c1. The molecule has 0 aromatic heterocycles. The first kappa shape index (κ1) is 23.7. The molecule has 5 rings (SSSR count). The number of carbonyl (C=O) groups excluding carboxylic acids is 2. The second kappa shape index (κ2) is 9.89. The second-order valence-electron chi connectivity index (χ2n) is 9.62. The van der Waals surface area contributed by atoms with Gasteiger partial charge in [0.2, 0.25) is 0 Å². The van der Waals surface area contributed by atoms with Gasteiger partial charge in [-0.15, -0.1) is 0 Å². The Bertz CT molecular complexity index is 1090. The Hall–Kier alpha value is -3.07. The monoisotopic (exact) mass is 487 g/mol. The number of rotatable bonds is 4. The number of likely N-dealkylation sites (tertiary alicyclic amines) is 1. The predicted molar refractivity (Wildman–Crippen MR) is 122 cm³/mol. The Morgan fingerprint density at radius 1 is 0.914 bits per heavy atom. The maximum absolute atomic E-state index is 13.7. The van der Waals surface area contributed by atoms with E-state index in [1.54, 1.807) is 0 Å². The van der Waals surface area contributed by atoms with E-state index in [4.69, 9.17) is 4.74 Å². The summed E-state index contributed by atoms with van der Waals surface area (Å²) < 4.78 is 45.3. The zero-order valence-corrected chi connectivity index (χ0v) is 19.3. The van der Waals surface area contributed by atoms with E-state index in [1.807, 2.05) is 12.1 Å². The number of cyclic esters (lactones) is 1. The molecule has 2 saturated heterocycles. The van der Waals surface area contributed by atoms with E-state index in [-0.39, 0.29) is 18.5 Å². The number of nitrogens with zero attached hydrogens (tertiary/aromatic N) is 2. The number of ether oxygens (including phenoxy) is 1. The van der Waals surface area contributed by atoms with E-state index in [0.29, 0.717) is 24.1 Å². The molecule has 1 N–H and O–H groups in total. The van der Waals surface area contributed by atoms with Crippen LogP contribution in [0.3, 0.4) is 0 Å². The lowest BCUT2D eigenvalue weighted by Gasteiger charge is -2.35. The first-order valence-electron chi connectivity index (χ1n) is 12.1. The molecule has 0 spiro atoms. The van der Waals surface area contributed by atoms with Crippen LogP contribution < -0.4 is 5.32 Å². The lowest BCUT2D eigenvalue weighted by Crippen LogP contribution is -2.47. The second-order valence-corrected chi connectivity index (χ2v) is 9.62. The number of hydrogen-bond donors (Lipinski definition) is 1. The van der Waals surface area contributed by atoms with Crippen molar-refractivity contribution in [1.29, 1.82) is 0 Å². The van der Waals surface area contributed by atoms with Crippen molar-refractivity contribution in [2.45, 2.75) is 56.1 Å². The van der Waals surface area contributed by atoms with E-state index >= 15 is 0 Å². The van der Waals surface area contributed by atoms with Crippen molar-refractivity contribution >= 4 is 12.1 Å². The van der Waals surface area contributed by atoms with Gasteiger partial charge in [0.05, 0.1) is 0 Å². The van der Waals surface area contributed by atoms with E-state index in [1.165, 1.54) is 23.8 Å². The molecule has 1 saturated carbocycles. The number of carbonyl (C=O) groups is 2. The molecule has 2 heterocycles. The molecule has 2 atom stereocenters. The standard InChI is InChI=1S/C26H28F3N3O3/c27-19-6-1-16(2-7-19)17-3-8-21(9-4-17)31-12-11-20(14-31)30-25(33)32-24(15-35-26(32)34)18-5-10-22(28)23(29)13-18/h1-2,5-7,10,13,17,20-21,24H,3-4,8-9,11-12,14-15H2,(H,30,33)/t17?,20-,21?,24-/m1/s1. The molecule has 35 heavy (non-hydrogen) atoms. The van der Waals surface area contributed by atoms with Crippen LogP contribution in [0, 0.1) is 17.5 Å². The number of nitrogens with one attached hydrogen (secondary N) is 1. The molecule has 0 bridgehead atoms. The smallest absolute Gasteiger partial charge is 0.418 e. The fourth-order valence-corrected chi connectivity index (χ4v) is 5.60. The van der Waals surface area contributed by atoms with Crippen molar-refractivity contribution in [3.05, 3.63) is 71.0 Å². The molecule has 0 radical (unpaired) electrons. The summed E-state index contributed by atoms with van der Waals surface area (Å²) in [5.74, 6) is -1.80. The first-order chi connectivity index (χ1) is 16.9. The van der Waals surface area contributed by atoms with E-state index in [9.17, 15) is 22.8 Å². The zero-order chi connectivity index (χ0) is 24.5. The Morgan fingerprint density at radius 2 is 1.63 bits per heavy atom. The number of halogens is 3. The highest BCUT2D eigenvalue weighted by atomic mass is 19.2. The van der Waals surface area contributed by atoms with E-state index in [0.717, 1.165) is 55.7 Å². The normalized spacial score (nSPS) is 27.2. The fraction of sp³-hybridized carbons (Fsp3) is 0.462. The van der Waals surface area contributed by atoms with Gasteiger partial charge in [-0.05, 0) is 73.4 Å². The van der Waals surface area contributed by atoms with Crippen molar-refractivity contribution in [3.8, 4) is 0 Å². The average Bonchev–Trinajstić information content (AvgIpc) is 3.48. The van der Waals surface area contributed by atoms with Gasteiger partial charge in [-0.1, -0.05) is 18.2 Å². The van der Waals surface area contributed by atoms with Crippen molar-refractivity contribution in [3.63, 3.8) is 0 Å². The maximum atomic E-state index is 13.7. The van der Waals surface area contributed by atoms with Gasteiger partial charge in [0, 0.05) is 25.2 Å². The molecule has 1 aliphatic carbocycles. The topological polar surface area (TPSA) is 61.9 Å². The summed E-state index contributed by atoms with van der Waals surface area (Å²) in [5.41, 5.74) is 1.49. The molecular weight excluding hydrogens is 459 g/mol. The van der Waals surface area contributed by atoms with Crippen molar-refractivity contribution in [2.75, 3.05) is 19.7 Å². The summed E-state index contributed by atoms with van der Waals surface area (Å²) >= 11 is 0. The molecule has 2 aromatic rings. The summed E-state index contributed by atoms with van der Waals surface area (Å²) in [5, 5.41) is 2.93. The molecule has 6 nitrogen and oxygen atoms in total. The maximum Gasteiger partial charge on any atom is 0.418 e. The molecule has 9 heteroatoms. The highest BCUT2D eigenvalue weighted by Crippen LogP contribution is 2.36. The Morgan fingerprint density at radius 3 is 2.34 bits per heavy atom. The Balaban J connectivity index is 1.15. The third-order valence-electron chi connectivity index (χ3n) is 7.52. The number of imide groups is 1. The molecule has 3 fully saturated rings. The van der Waals surface area contributed by atoms with Crippen molar-refractivity contribution in [1.82, 2.24) is 15.1 Å².